The first-order chi connectivity index (χ1) is 12.1. The molecule has 2 amide bonds. The zero-order valence-corrected chi connectivity index (χ0v) is 15.1. The SMILES string of the molecule is O=C1NN(c2ccc(I)cc2)C(=O)C1=Cc1ccnc2ccccc12. The summed E-state index contributed by atoms with van der Waals surface area (Å²) in [5.74, 6) is -0.781. The maximum atomic E-state index is 12.7. The molecule has 0 unspecified atom stereocenters. The number of pyridine rings is 1. The van der Waals surface area contributed by atoms with E-state index >= 15 is 0 Å². The van der Waals surface area contributed by atoms with E-state index in [1.165, 1.54) is 5.01 Å². The van der Waals surface area contributed by atoms with E-state index in [9.17, 15) is 9.59 Å². The Kier molecular flexibility index (Phi) is 3.96. The molecule has 1 N–H and O–H groups in total. The van der Waals surface area contributed by atoms with Gasteiger partial charge in [0.1, 0.15) is 5.57 Å². The Morgan fingerprint density at radius 2 is 1.76 bits per heavy atom. The van der Waals surface area contributed by atoms with E-state index in [4.69, 9.17) is 0 Å². The summed E-state index contributed by atoms with van der Waals surface area (Å²) in [7, 11) is 0. The average molecular weight is 441 g/mol. The van der Waals surface area contributed by atoms with Gasteiger partial charge in [0.05, 0.1) is 11.2 Å². The number of nitrogens with zero attached hydrogens (tertiary/aromatic N) is 2. The molecule has 1 aromatic heterocycles. The van der Waals surface area contributed by atoms with Gasteiger partial charge in [0.25, 0.3) is 11.8 Å². The first kappa shape index (κ1) is 15.8. The highest BCUT2D eigenvalue weighted by molar-refractivity contribution is 14.1. The van der Waals surface area contributed by atoms with E-state index in [0.29, 0.717) is 5.69 Å². The van der Waals surface area contributed by atoms with Crippen LogP contribution in [0, 0.1) is 3.57 Å². The first-order valence-corrected chi connectivity index (χ1v) is 8.68. The molecule has 2 heterocycles. The number of anilines is 1. The fraction of sp³-hybridized carbons (Fsp3) is 0. The fourth-order valence-corrected chi connectivity index (χ4v) is 3.09. The number of aromatic nitrogens is 1. The van der Waals surface area contributed by atoms with Crippen LogP contribution >= 0.6 is 22.6 Å². The van der Waals surface area contributed by atoms with E-state index in [0.717, 1.165) is 20.0 Å². The van der Waals surface area contributed by atoms with Crippen molar-refractivity contribution in [2.45, 2.75) is 0 Å². The van der Waals surface area contributed by atoms with Crippen molar-refractivity contribution in [1.82, 2.24) is 10.4 Å². The van der Waals surface area contributed by atoms with Gasteiger partial charge in [0.15, 0.2) is 0 Å². The predicted molar refractivity (Wildman–Crippen MR) is 105 cm³/mol. The molecule has 3 aromatic rings. The number of rotatable bonds is 2. The Morgan fingerprint density at radius 3 is 2.56 bits per heavy atom. The number of amides is 2. The van der Waals surface area contributed by atoms with E-state index in [1.54, 1.807) is 30.5 Å². The Hall–Kier alpha value is -2.74. The summed E-state index contributed by atoms with van der Waals surface area (Å²) >= 11 is 2.19. The topological polar surface area (TPSA) is 62.3 Å². The average Bonchev–Trinajstić information content (AvgIpc) is 2.91. The third kappa shape index (κ3) is 2.89. The second-order valence-electron chi connectivity index (χ2n) is 5.53. The molecule has 5 nitrogen and oxygen atoms in total. The standard InChI is InChI=1S/C19H12IN3O2/c20-13-5-7-14(8-6-13)23-19(25)16(18(24)22-23)11-12-9-10-21-17-4-2-1-3-15(12)17/h1-11H,(H,22,24). The normalized spacial score (nSPS) is 15.9. The Balaban J connectivity index is 1.75. The monoisotopic (exact) mass is 441 g/mol. The van der Waals surface area contributed by atoms with E-state index < -0.39 is 5.91 Å². The van der Waals surface area contributed by atoms with Gasteiger partial charge in [-0.25, -0.2) is 5.01 Å². The molecule has 122 valence electrons. The molecule has 0 bridgehead atoms. The predicted octanol–water partition coefficient (Wildman–Crippen LogP) is 3.30. The van der Waals surface area contributed by atoms with Crippen LogP contribution in [-0.2, 0) is 9.59 Å². The van der Waals surface area contributed by atoms with Gasteiger partial charge in [-0.15, -0.1) is 0 Å². The first-order valence-electron chi connectivity index (χ1n) is 7.60. The molecule has 0 aliphatic carbocycles. The zero-order valence-electron chi connectivity index (χ0n) is 12.9. The van der Waals surface area contributed by atoms with Crippen molar-refractivity contribution in [3.8, 4) is 0 Å². The highest BCUT2D eigenvalue weighted by Gasteiger charge is 2.34. The van der Waals surface area contributed by atoms with Crippen molar-refractivity contribution < 1.29 is 9.59 Å². The van der Waals surface area contributed by atoms with Gasteiger partial charge in [-0.2, -0.15) is 0 Å². The van der Waals surface area contributed by atoms with Crippen LogP contribution in [0.2, 0.25) is 0 Å². The van der Waals surface area contributed by atoms with Crippen molar-refractivity contribution in [1.29, 1.82) is 0 Å². The third-order valence-electron chi connectivity index (χ3n) is 3.96. The summed E-state index contributed by atoms with van der Waals surface area (Å²) < 4.78 is 1.05. The molecule has 6 heteroatoms. The number of hydrogen-bond acceptors (Lipinski definition) is 3. The summed E-state index contributed by atoms with van der Waals surface area (Å²) in [6.45, 7) is 0. The van der Waals surface area contributed by atoms with Crippen LogP contribution in [0.4, 0.5) is 5.69 Å². The minimum atomic E-state index is -0.413. The number of benzene rings is 2. The van der Waals surface area contributed by atoms with Crippen LogP contribution in [0.15, 0.2) is 66.4 Å². The number of carbonyl (C=O) groups excluding carboxylic acids is 2. The van der Waals surface area contributed by atoms with Crippen molar-refractivity contribution in [2.75, 3.05) is 5.01 Å². The van der Waals surface area contributed by atoms with E-state index in [2.05, 4.69) is 33.0 Å². The van der Waals surface area contributed by atoms with E-state index in [-0.39, 0.29) is 11.5 Å². The van der Waals surface area contributed by atoms with Crippen LogP contribution in [0.25, 0.3) is 17.0 Å². The number of halogens is 1. The van der Waals surface area contributed by atoms with Crippen molar-refractivity contribution in [3.05, 3.63) is 75.5 Å². The Morgan fingerprint density at radius 1 is 1.00 bits per heavy atom. The van der Waals surface area contributed by atoms with E-state index in [1.807, 2.05) is 36.4 Å². The molecule has 0 saturated carbocycles. The quantitative estimate of drug-likeness (QED) is 0.377. The summed E-state index contributed by atoms with van der Waals surface area (Å²) in [5.41, 5.74) is 4.95. The number of hydrazine groups is 1. The van der Waals surface area contributed by atoms with Crippen LogP contribution in [0.3, 0.4) is 0 Å². The van der Waals surface area contributed by atoms with Gasteiger partial charge < -0.3 is 0 Å². The summed E-state index contributed by atoms with van der Waals surface area (Å²) in [5, 5.41) is 2.17. The Labute approximate surface area is 157 Å². The minimum Gasteiger partial charge on any atom is -0.267 e. The van der Waals surface area contributed by atoms with Gasteiger partial charge in [0.2, 0.25) is 0 Å². The third-order valence-corrected chi connectivity index (χ3v) is 4.68. The molecule has 1 aliphatic heterocycles. The lowest BCUT2D eigenvalue weighted by molar-refractivity contribution is -0.117. The molecule has 0 radical (unpaired) electrons. The lowest BCUT2D eigenvalue weighted by Crippen LogP contribution is -2.35. The summed E-state index contributed by atoms with van der Waals surface area (Å²) in [6, 6.07) is 16.8. The van der Waals surface area contributed by atoms with Gasteiger partial charge in [-0.05, 0) is 70.6 Å². The molecular weight excluding hydrogens is 429 g/mol. The number of fused-ring (bicyclic) bond motifs is 1. The molecule has 1 aliphatic rings. The second kappa shape index (κ2) is 6.29. The van der Waals surface area contributed by atoms with Crippen molar-refractivity contribution in [2.24, 2.45) is 0 Å². The van der Waals surface area contributed by atoms with Gasteiger partial charge >= 0.3 is 0 Å². The lowest BCUT2D eigenvalue weighted by atomic mass is 10.1. The minimum absolute atomic E-state index is 0.106. The number of para-hydroxylation sites is 1. The molecule has 25 heavy (non-hydrogen) atoms. The van der Waals surface area contributed by atoms with Crippen LogP contribution in [0.1, 0.15) is 5.56 Å². The highest BCUT2D eigenvalue weighted by atomic mass is 127. The Bertz CT molecular complexity index is 1020. The number of nitrogens with one attached hydrogen (secondary N) is 1. The molecule has 1 fully saturated rings. The molecule has 0 atom stereocenters. The van der Waals surface area contributed by atoms with Crippen LogP contribution in [0.5, 0.6) is 0 Å². The number of carbonyl (C=O) groups is 2. The lowest BCUT2D eigenvalue weighted by Gasteiger charge is -2.14. The maximum Gasteiger partial charge on any atom is 0.282 e. The van der Waals surface area contributed by atoms with Crippen LogP contribution < -0.4 is 10.4 Å². The smallest absolute Gasteiger partial charge is 0.267 e. The molecule has 1 saturated heterocycles. The van der Waals surface area contributed by atoms with Gasteiger partial charge in [-0.1, -0.05) is 18.2 Å². The van der Waals surface area contributed by atoms with Crippen molar-refractivity contribution in [3.63, 3.8) is 0 Å². The zero-order chi connectivity index (χ0) is 17.4. The molecular formula is C19H12IN3O2. The number of hydrogen-bond donors (Lipinski definition) is 1. The van der Waals surface area contributed by atoms with Crippen molar-refractivity contribution >= 4 is 57.1 Å². The van der Waals surface area contributed by atoms with Crippen LogP contribution in [-0.4, -0.2) is 16.8 Å². The fourth-order valence-electron chi connectivity index (χ4n) is 2.73. The van der Waals surface area contributed by atoms with Gasteiger partial charge in [0, 0.05) is 15.2 Å². The largest absolute Gasteiger partial charge is 0.282 e. The summed E-state index contributed by atoms with van der Waals surface area (Å²) in [6.07, 6.45) is 3.29. The highest BCUT2D eigenvalue weighted by Crippen LogP contribution is 2.24. The van der Waals surface area contributed by atoms with Gasteiger partial charge in [-0.3, -0.25) is 20.0 Å². The molecule has 2 aromatic carbocycles. The molecule has 0 spiro atoms. The summed E-state index contributed by atoms with van der Waals surface area (Å²) in [4.78, 5) is 29.3. The molecule has 4 rings (SSSR count). The maximum absolute atomic E-state index is 12.7. The second-order valence-corrected chi connectivity index (χ2v) is 6.78.